The fraction of sp³-hybridized carbons (Fsp3) is 0.250. The molecule has 0 radical (unpaired) electrons. The minimum atomic E-state index is -0.439. The third kappa shape index (κ3) is 5.87. The molecule has 30 heavy (non-hydrogen) atoms. The zero-order chi connectivity index (χ0) is 21.5. The summed E-state index contributed by atoms with van der Waals surface area (Å²) in [6, 6.07) is 17.2. The van der Waals surface area contributed by atoms with E-state index in [1.54, 1.807) is 18.2 Å². The van der Waals surface area contributed by atoms with Gasteiger partial charge in [-0.1, -0.05) is 56.3 Å². The summed E-state index contributed by atoms with van der Waals surface area (Å²) in [6.07, 6.45) is 1.51. The van der Waals surface area contributed by atoms with Crippen molar-refractivity contribution >= 4 is 5.78 Å². The zero-order valence-electron chi connectivity index (χ0n) is 17.1. The third-order valence-corrected chi connectivity index (χ3v) is 4.61. The Labute approximate surface area is 175 Å². The number of aromatic nitrogens is 1. The Morgan fingerprint density at radius 3 is 2.53 bits per heavy atom. The van der Waals surface area contributed by atoms with Crippen LogP contribution in [0.5, 0.6) is 5.75 Å². The number of rotatable bonds is 9. The van der Waals surface area contributed by atoms with E-state index in [0.717, 1.165) is 5.56 Å². The van der Waals surface area contributed by atoms with Gasteiger partial charge in [0, 0.05) is 36.0 Å². The monoisotopic (exact) mass is 408 g/mol. The van der Waals surface area contributed by atoms with E-state index >= 15 is 0 Å². The van der Waals surface area contributed by atoms with Gasteiger partial charge in [0.15, 0.2) is 5.78 Å². The lowest BCUT2D eigenvalue weighted by atomic mass is 10.1. The lowest BCUT2D eigenvalue weighted by Crippen LogP contribution is -2.24. The summed E-state index contributed by atoms with van der Waals surface area (Å²) in [6.45, 7) is 4.53. The Morgan fingerprint density at radius 2 is 1.87 bits per heavy atom. The van der Waals surface area contributed by atoms with E-state index < -0.39 is 5.82 Å². The fourth-order valence-corrected chi connectivity index (χ4v) is 2.88. The highest BCUT2D eigenvalue weighted by Crippen LogP contribution is 2.13. The van der Waals surface area contributed by atoms with Gasteiger partial charge >= 0.3 is 0 Å². The summed E-state index contributed by atoms with van der Waals surface area (Å²) in [5.41, 5.74) is 1.37. The number of hydrogen-bond acceptors (Lipinski definition) is 4. The first-order valence-corrected chi connectivity index (χ1v) is 9.84. The molecule has 1 heterocycles. The third-order valence-electron chi connectivity index (χ3n) is 4.61. The minimum Gasteiger partial charge on any atom is -0.489 e. The Balaban J connectivity index is 1.63. The van der Waals surface area contributed by atoms with Crippen LogP contribution in [0.4, 0.5) is 4.39 Å². The smallest absolute Gasteiger partial charge is 0.254 e. The number of ketones is 1. The van der Waals surface area contributed by atoms with Crippen molar-refractivity contribution in [1.82, 2.24) is 9.88 Å². The van der Waals surface area contributed by atoms with E-state index in [0.29, 0.717) is 24.5 Å². The first-order chi connectivity index (χ1) is 14.4. The second-order valence-corrected chi connectivity index (χ2v) is 7.37. The van der Waals surface area contributed by atoms with E-state index in [4.69, 9.17) is 4.74 Å². The lowest BCUT2D eigenvalue weighted by Gasteiger charge is -2.11. The van der Waals surface area contributed by atoms with Gasteiger partial charge in [0.2, 0.25) is 0 Å². The van der Waals surface area contributed by atoms with Gasteiger partial charge in [-0.05, 0) is 17.7 Å². The summed E-state index contributed by atoms with van der Waals surface area (Å²) >= 11 is 0. The number of halogens is 1. The maximum atomic E-state index is 14.3. The molecule has 156 valence electrons. The molecular formula is C24H25FN2O3. The van der Waals surface area contributed by atoms with Crippen molar-refractivity contribution in [2.45, 2.75) is 39.6 Å². The van der Waals surface area contributed by atoms with Gasteiger partial charge in [0.1, 0.15) is 18.2 Å². The molecule has 1 aromatic heterocycles. The topological polar surface area (TPSA) is 60.3 Å². The van der Waals surface area contributed by atoms with E-state index in [2.05, 4.69) is 5.32 Å². The second kappa shape index (κ2) is 9.98. The van der Waals surface area contributed by atoms with Gasteiger partial charge in [-0.3, -0.25) is 9.59 Å². The normalized spacial score (nSPS) is 10.9. The van der Waals surface area contributed by atoms with Crippen LogP contribution in [0.15, 0.2) is 71.7 Å². The van der Waals surface area contributed by atoms with Crippen LogP contribution < -0.4 is 15.6 Å². The molecule has 5 nitrogen and oxygen atoms in total. The van der Waals surface area contributed by atoms with Gasteiger partial charge in [0.05, 0.1) is 6.54 Å². The summed E-state index contributed by atoms with van der Waals surface area (Å²) in [7, 11) is 0. The lowest BCUT2D eigenvalue weighted by molar-refractivity contribution is 0.0970. The molecule has 0 atom stereocenters. The molecule has 1 N–H and O–H groups in total. The number of pyridine rings is 1. The number of nitrogens with zero attached hydrogens (tertiary/aromatic N) is 1. The van der Waals surface area contributed by atoms with Crippen LogP contribution in [-0.4, -0.2) is 16.4 Å². The average Bonchev–Trinajstić information content (AvgIpc) is 2.73. The maximum absolute atomic E-state index is 14.3. The van der Waals surface area contributed by atoms with Crippen LogP contribution in [0.3, 0.4) is 0 Å². The van der Waals surface area contributed by atoms with Gasteiger partial charge in [0.25, 0.3) is 5.56 Å². The summed E-state index contributed by atoms with van der Waals surface area (Å²) < 4.78 is 21.2. The molecule has 0 aliphatic carbocycles. The van der Waals surface area contributed by atoms with Crippen LogP contribution in [-0.2, 0) is 19.7 Å². The molecule has 0 bridgehead atoms. The highest BCUT2D eigenvalue weighted by Gasteiger charge is 2.12. The van der Waals surface area contributed by atoms with Crippen molar-refractivity contribution in [3.63, 3.8) is 0 Å². The number of nitrogens with one attached hydrogen (secondary N) is 1. The van der Waals surface area contributed by atoms with Crippen molar-refractivity contribution < 1.29 is 13.9 Å². The molecule has 3 rings (SSSR count). The number of Topliss-reactive ketones (excluding diaryl/α,β-unsaturated/α-hetero) is 1. The van der Waals surface area contributed by atoms with E-state index in [1.807, 2.05) is 44.2 Å². The predicted molar refractivity (Wildman–Crippen MR) is 114 cm³/mol. The van der Waals surface area contributed by atoms with Crippen LogP contribution in [0.2, 0.25) is 0 Å². The highest BCUT2D eigenvalue weighted by molar-refractivity contribution is 5.95. The van der Waals surface area contributed by atoms with Crippen molar-refractivity contribution in [1.29, 1.82) is 0 Å². The molecule has 0 fully saturated rings. The number of carbonyl (C=O) groups excluding carboxylic acids is 1. The first kappa shape index (κ1) is 21.5. The van der Waals surface area contributed by atoms with Crippen LogP contribution in [0, 0.1) is 5.82 Å². The number of benzene rings is 2. The van der Waals surface area contributed by atoms with Crippen molar-refractivity contribution in [3.8, 4) is 5.75 Å². The van der Waals surface area contributed by atoms with Gasteiger partial charge < -0.3 is 14.6 Å². The van der Waals surface area contributed by atoms with Gasteiger partial charge in [-0.25, -0.2) is 4.39 Å². The average molecular weight is 408 g/mol. The summed E-state index contributed by atoms with van der Waals surface area (Å²) in [5, 5.41) is 3.14. The molecule has 0 amide bonds. The Kier molecular flexibility index (Phi) is 7.14. The summed E-state index contributed by atoms with van der Waals surface area (Å²) in [5.74, 6) is -0.344. The Hall–Kier alpha value is -3.25. The molecule has 0 saturated heterocycles. The predicted octanol–water partition coefficient (Wildman–Crippen LogP) is 3.95. The highest BCUT2D eigenvalue weighted by atomic mass is 19.1. The number of hydrogen-bond donors (Lipinski definition) is 1. The fourth-order valence-electron chi connectivity index (χ4n) is 2.88. The number of carbonyl (C=O) groups is 1. The molecule has 0 unspecified atom stereocenters. The minimum absolute atomic E-state index is 0.166. The molecule has 0 aliphatic heterocycles. The largest absolute Gasteiger partial charge is 0.489 e. The van der Waals surface area contributed by atoms with Crippen molar-refractivity contribution in [2.24, 2.45) is 0 Å². The molecule has 0 aliphatic rings. The van der Waals surface area contributed by atoms with E-state index in [9.17, 15) is 14.0 Å². The zero-order valence-corrected chi connectivity index (χ0v) is 17.1. The van der Waals surface area contributed by atoms with E-state index in [-0.39, 0.29) is 29.5 Å². The SMILES string of the molecule is CC(C)NCc1ccc(C(=O)Cn2ccc(OCc3ccccc3)cc2=O)cc1F. The molecule has 0 spiro atoms. The standard InChI is InChI=1S/C24H25FN2O3/c1-17(2)26-14-20-9-8-19(12-22(20)25)23(28)15-27-11-10-21(13-24(27)29)30-16-18-6-4-3-5-7-18/h3-13,17,26H,14-16H2,1-2H3. The number of ether oxygens (including phenoxy) is 1. The first-order valence-electron chi connectivity index (χ1n) is 9.84. The maximum Gasteiger partial charge on any atom is 0.254 e. The molecule has 0 saturated carbocycles. The second-order valence-electron chi connectivity index (χ2n) is 7.37. The Bertz CT molecular complexity index is 1060. The Morgan fingerprint density at radius 1 is 1.10 bits per heavy atom. The quantitative estimate of drug-likeness (QED) is 0.545. The van der Waals surface area contributed by atoms with E-state index in [1.165, 1.54) is 22.9 Å². The van der Waals surface area contributed by atoms with Crippen LogP contribution in [0.25, 0.3) is 0 Å². The van der Waals surface area contributed by atoms with Gasteiger partial charge in [-0.15, -0.1) is 0 Å². The van der Waals surface area contributed by atoms with Gasteiger partial charge in [-0.2, -0.15) is 0 Å². The summed E-state index contributed by atoms with van der Waals surface area (Å²) in [4.78, 5) is 24.9. The molecular weight excluding hydrogens is 383 g/mol. The van der Waals surface area contributed by atoms with Crippen LogP contribution >= 0.6 is 0 Å². The molecule has 2 aromatic carbocycles. The van der Waals surface area contributed by atoms with Crippen LogP contribution in [0.1, 0.15) is 35.3 Å². The van der Waals surface area contributed by atoms with Crippen molar-refractivity contribution in [3.05, 3.63) is 99.7 Å². The molecule has 6 heteroatoms. The van der Waals surface area contributed by atoms with Crippen molar-refractivity contribution in [2.75, 3.05) is 0 Å². The molecule has 3 aromatic rings.